The molecule has 0 radical (unpaired) electrons. The fraction of sp³-hybridized carbons (Fsp3) is 0.615. The van der Waals surface area contributed by atoms with Gasteiger partial charge in [-0.05, 0) is 31.9 Å². The highest BCUT2D eigenvalue weighted by Gasteiger charge is 2.10. The SMILES string of the molecule is CCNc1cccc(NC(C)C(C)CC)n1. The van der Waals surface area contributed by atoms with E-state index < -0.39 is 0 Å². The molecule has 1 heterocycles. The highest BCUT2D eigenvalue weighted by molar-refractivity contribution is 5.45. The highest BCUT2D eigenvalue weighted by atomic mass is 15.1. The predicted molar refractivity (Wildman–Crippen MR) is 70.9 cm³/mol. The highest BCUT2D eigenvalue weighted by Crippen LogP contribution is 2.14. The van der Waals surface area contributed by atoms with Crippen LogP contribution in [-0.4, -0.2) is 17.6 Å². The maximum absolute atomic E-state index is 4.50. The van der Waals surface area contributed by atoms with E-state index in [1.54, 1.807) is 0 Å². The monoisotopic (exact) mass is 221 g/mol. The van der Waals surface area contributed by atoms with Gasteiger partial charge >= 0.3 is 0 Å². The van der Waals surface area contributed by atoms with Crippen molar-refractivity contribution in [1.82, 2.24) is 4.98 Å². The third-order valence-corrected chi connectivity index (χ3v) is 2.98. The van der Waals surface area contributed by atoms with Crippen molar-refractivity contribution in [3.8, 4) is 0 Å². The van der Waals surface area contributed by atoms with Gasteiger partial charge in [0.25, 0.3) is 0 Å². The van der Waals surface area contributed by atoms with E-state index >= 15 is 0 Å². The van der Waals surface area contributed by atoms with Crippen molar-refractivity contribution in [2.45, 2.75) is 40.2 Å². The van der Waals surface area contributed by atoms with Crippen molar-refractivity contribution in [3.05, 3.63) is 18.2 Å². The van der Waals surface area contributed by atoms with Gasteiger partial charge in [0.1, 0.15) is 11.6 Å². The Labute approximate surface area is 98.7 Å². The van der Waals surface area contributed by atoms with Crippen molar-refractivity contribution in [3.63, 3.8) is 0 Å². The molecule has 90 valence electrons. The molecule has 0 spiro atoms. The summed E-state index contributed by atoms with van der Waals surface area (Å²) in [5.41, 5.74) is 0. The van der Waals surface area contributed by atoms with Crippen molar-refractivity contribution < 1.29 is 0 Å². The quantitative estimate of drug-likeness (QED) is 0.773. The summed E-state index contributed by atoms with van der Waals surface area (Å²) >= 11 is 0. The lowest BCUT2D eigenvalue weighted by Crippen LogP contribution is -2.23. The molecule has 1 rings (SSSR count). The van der Waals surface area contributed by atoms with Crippen molar-refractivity contribution in [2.75, 3.05) is 17.2 Å². The Balaban J connectivity index is 2.62. The van der Waals surface area contributed by atoms with Crippen LogP contribution in [-0.2, 0) is 0 Å². The minimum absolute atomic E-state index is 0.453. The third-order valence-electron chi connectivity index (χ3n) is 2.98. The summed E-state index contributed by atoms with van der Waals surface area (Å²) in [5, 5.41) is 6.65. The van der Waals surface area contributed by atoms with Crippen LogP contribution < -0.4 is 10.6 Å². The van der Waals surface area contributed by atoms with Gasteiger partial charge in [-0.25, -0.2) is 4.98 Å². The summed E-state index contributed by atoms with van der Waals surface area (Å²) in [6.45, 7) is 9.65. The molecule has 0 aliphatic rings. The number of rotatable bonds is 6. The number of anilines is 2. The zero-order chi connectivity index (χ0) is 12.0. The van der Waals surface area contributed by atoms with Gasteiger partial charge < -0.3 is 10.6 Å². The maximum atomic E-state index is 4.50. The fourth-order valence-corrected chi connectivity index (χ4v) is 1.52. The lowest BCUT2D eigenvalue weighted by molar-refractivity contribution is 0.493. The normalized spacial score (nSPS) is 14.2. The molecule has 0 fully saturated rings. The molecule has 0 aliphatic heterocycles. The van der Waals surface area contributed by atoms with Crippen molar-refractivity contribution in [2.24, 2.45) is 5.92 Å². The third kappa shape index (κ3) is 3.72. The lowest BCUT2D eigenvalue weighted by atomic mass is 10.0. The number of hydrogen-bond acceptors (Lipinski definition) is 3. The van der Waals surface area contributed by atoms with Crippen LogP contribution in [0.5, 0.6) is 0 Å². The van der Waals surface area contributed by atoms with Crippen molar-refractivity contribution >= 4 is 11.6 Å². The van der Waals surface area contributed by atoms with Crippen LogP contribution >= 0.6 is 0 Å². The second-order valence-corrected chi connectivity index (χ2v) is 4.26. The van der Waals surface area contributed by atoms with Crippen LogP contribution in [0.4, 0.5) is 11.6 Å². The van der Waals surface area contributed by atoms with Gasteiger partial charge in [-0.15, -0.1) is 0 Å². The molecule has 1 aromatic rings. The van der Waals surface area contributed by atoms with Gasteiger partial charge in [0, 0.05) is 12.6 Å². The maximum Gasteiger partial charge on any atom is 0.128 e. The van der Waals surface area contributed by atoms with Crippen LogP contribution in [0.3, 0.4) is 0 Å². The molecule has 2 atom stereocenters. The summed E-state index contributed by atoms with van der Waals surface area (Å²) in [4.78, 5) is 4.50. The molecule has 0 aliphatic carbocycles. The molecule has 3 heteroatoms. The second-order valence-electron chi connectivity index (χ2n) is 4.26. The van der Waals surface area contributed by atoms with E-state index in [0.29, 0.717) is 12.0 Å². The first-order valence-electron chi connectivity index (χ1n) is 6.14. The zero-order valence-electron chi connectivity index (χ0n) is 10.7. The van der Waals surface area contributed by atoms with E-state index in [4.69, 9.17) is 0 Å². The first-order chi connectivity index (χ1) is 7.67. The molecule has 0 saturated carbocycles. The van der Waals surface area contributed by atoms with E-state index in [9.17, 15) is 0 Å². The Morgan fingerprint density at radius 3 is 2.50 bits per heavy atom. The largest absolute Gasteiger partial charge is 0.370 e. The van der Waals surface area contributed by atoms with Gasteiger partial charge in [0.15, 0.2) is 0 Å². The molecule has 2 N–H and O–H groups in total. The zero-order valence-corrected chi connectivity index (χ0v) is 10.7. The molecule has 16 heavy (non-hydrogen) atoms. The van der Waals surface area contributed by atoms with E-state index in [0.717, 1.165) is 18.2 Å². The number of nitrogens with zero attached hydrogens (tertiary/aromatic N) is 1. The average Bonchev–Trinajstić information content (AvgIpc) is 2.29. The van der Waals surface area contributed by atoms with E-state index in [1.807, 2.05) is 18.2 Å². The van der Waals surface area contributed by atoms with Crippen LogP contribution in [0.25, 0.3) is 0 Å². The summed E-state index contributed by atoms with van der Waals surface area (Å²) in [7, 11) is 0. The number of hydrogen-bond donors (Lipinski definition) is 2. The Bertz CT molecular complexity index is 312. The Morgan fingerprint density at radius 2 is 1.88 bits per heavy atom. The van der Waals surface area contributed by atoms with Crippen LogP contribution in [0.1, 0.15) is 34.1 Å². The molecular weight excluding hydrogens is 198 g/mol. The summed E-state index contributed by atoms with van der Waals surface area (Å²) < 4.78 is 0. The van der Waals surface area contributed by atoms with Crippen molar-refractivity contribution in [1.29, 1.82) is 0 Å². The summed E-state index contributed by atoms with van der Waals surface area (Å²) in [6, 6.07) is 6.48. The van der Waals surface area contributed by atoms with E-state index in [-0.39, 0.29) is 0 Å². The molecule has 1 aromatic heterocycles. The smallest absolute Gasteiger partial charge is 0.128 e. The van der Waals surface area contributed by atoms with Crippen LogP contribution in [0.2, 0.25) is 0 Å². The Hall–Kier alpha value is -1.25. The number of pyridine rings is 1. The van der Waals surface area contributed by atoms with Gasteiger partial charge in [-0.3, -0.25) is 0 Å². The Morgan fingerprint density at radius 1 is 1.19 bits per heavy atom. The second kappa shape index (κ2) is 6.36. The van der Waals surface area contributed by atoms with E-state index in [1.165, 1.54) is 6.42 Å². The molecule has 0 saturated heterocycles. The van der Waals surface area contributed by atoms with Gasteiger partial charge in [0.05, 0.1) is 0 Å². The molecular formula is C13H23N3. The topological polar surface area (TPSA) is 37.0 Å². The summed E-state index contributed by atoms with van der Waals surface area (Å²) in [6.07, 6.45) is 1.18. The molecule has 0 aromatic carbocycles. The molecule has 2 unspecified atom stereocenters. The van der Waals surface area contributed by atoms with Gasteiger partial charge in [-0.1, -0.05) is 26.3 Å². The minimum atomic E-state index is 0.453. The van der Waals surface area contributed by atoms with Crippen LogP contribution in [0, 0.1) is 5.92 Å². The molecule has 3 nitrogen and oxygen atoms in total. The Kier molecular flexibility index (Phi) is 5.09. The average molecular weight is 221 g/mol. The van der Waals surface area contributed by atoms with E-state index in [2.05, 4.69) is 43.3 Å². The molecule has 0 bridgehead atoms. The fourth-order valence-electron chi connectivity index (χ4n) is 1.52. The van der Waals surface area contributed by atoms with Gasteiger partial charge in [0.2, 0.25) is 0 Å². The predicted octanol–water partition coefficient (Wildman–Crippen LogP) is 3.36. The molecule has 0 amide bonds. The minimum Gasteiger partial charge on any atom is -0.370 e. The van der Waals surface area contributed by atoms with Gasteiger partial charge in [-0.2, -0.15) is 0 Å². The number of nitrogens with one attached hydrogen (secondary N) is 2. The number of aromatic nitrogens is 1. The van der Waals surface area contributed by atoms with Crippen LogP contribution in [0.15, 0.2) is 18.2 Å². The first kappa shape index (κ1) is 12.8. The standard InChI is InChI=1S/C13H23N3/c1-5-10(3)11(4)15-13-9-7-8-12(16-13)14-6-2/h7-11H,5-6H2,1-4H3,(H2,14,15,16). The lowest BCUT2D eigenvalue weighted by Gasteiger charge is -2.20. The first-order valence-corrected chi connectivity index (χ1v) is 6.14. The summed E-state index contributed by atoms with van der Waals surface area (Å²) in [5.74, 6) is 2.54.